The summed E-state index contributed by atoms with van der Waals surface area (Å²) in [5.41, 5.74) is 0.781. The fourth-order valence-corrected chi connectivity index (χ4v) is 1.32. The SMILES string of the molecule is CCn1cc(NC(=O)C2CNC2)cn1. The average Bonchev–Trinajstić information content (AvgIpc) is 2.48. The summed E-state index contributed by atoms with van der Waals surface area (Å²) in [5.74, 6) is 0.208. The Hall–Kier alpha value is -1.36. The first-order valence-electron chi connectivity index (χ1n) is 4.83. The highest BCUT2D eigenvalue weighted by Crippen LogP contribution is 2.09. The molecular weight excluding hydrogens is 180 g/mol. The van der Waals surface area contributed by atoms with Gasteiger partial charge in [-0.2, -0.15) is 5.10 Å². The van der Waals surface area contributed by atoms with E-state index in [2.05, 4.69) is 15.7 Å². The van der Waals surface area contributed by atoms with Crippen LogP contribution in [-0.2, 0) is 11.3 Å². The Labute approximate surface area is 82.5 Å². The summed E-state index contributed by atoms with van der Waals surface area (Å²) in [5, 5.41) is 9.98. The van der Waals surface area contributed by atoms with Crippen LogP contribution in [0.15, 0.2) is 12.4 Å². The lowest BCUT2D eigenvalue weighted by Crippen LogP contribution is -2.48. The molecule has 1 amide bonds. The van der Waals surface area contributed by atoms with Crippen molar-refractivity contribution in [1.29, 1.82) is 0 Å². The number of nitrogens with zero attached hydrogens (tertiary/aromatic N) is 2. The Kier molecular flexibility index (Phi) is 2.49. The third kappa shape index (κ3) is 1.77. The van der Waals surface area contributed by atoms with Crippen molar-refractivity contribution in [3.8, 4) is 0 Å². The minimum atomic E-state index is 0.0828. The number of nitrogens with one attached hydrogen (secondary N) is 2. The van der Waals surface area contributed by atoms with Gasteiger partial charge in [-0.25, -0.2) is 0 Å². The molecule has 0 unspecified atom stereocenters. The smallest absolute Gasteiger partial charge is 0.230 e. The van der Waals surface area contributed by atoms with Crippen molar-refractivity contribution < 1.29 is 4.79 Å². The lowest BCUT2D eigenvalue weighted by Gasteiger charge is -2.25. The Morgan fingerprint density at radius 3 is 3.07 bits per heavy atom. The van der Waals surface area contributed by atoms with Gasteiger partial charge in [-0.15, -0.1) is 0 Å². The lowest BCUT2D eigenvalue weighted by molar-refractivity contribution is -0.121. The summed E-state index contributed by atoms with van der Waals surface area (Å²) in [6, 6.07) is 0. The van der Waals surface area contributed by atoms with Gasteiger partial charge in [0.05, 0.1) is 17.8 Å². The standard InChI is InChI=1S/C9H14N4O/c1-2-13-6-8(5-11-13)12-9(14)7-3-10-4-7/h5-7,10H,2-4H2,1H3,(H,12,14). The maximum Gasteiger partial charge on any atom is 0.230 e. The molecule has 0 spiro atoms. The number of anilines is 1. The first-order valence-corrected chi connectivity index (χ1v) is 4.83. The van der Waals surface area contributed by atoms with E-state index in [1.54, 1.807) is 10.9 Å². The summed E-state index contributed by atoms with van der Waals surface area (Å²) in [6.45, 7) is 4.40. The Balaban J connectivity index is 1.92. The zero-order valence-electron chi connectivity index (χ0n) is 8.16. The third-order valence-corrected chi connectivity index (χ3v) is 2.38. The topological polar surface area (TPSA) is 59.0 Å². The predicted molar refractivity (Wildman–Crippen MR) is 52.9 cm³/mol. The van der Waals surface area contributed by atoms with Gasteiger partial charge in [-0.1, -0.05) is 0 Å². The van der Waals surface area contributed by atoms with E-state index < -0.39 is 0 Å². The van der Waals surface area contributed by atoms with Crippen LogP contribution in [0.3, 0.4) is 0 Å². The van der Waals surface area contributed by atoms with Crippen LogP contribution in [0.5, 0.6) is 0 Å². The third-order valence-electron chi connectivity index (χ3n) is 2.38. The second-order valence-corrected chi connectivity index (χ2v) is 3.43. The molecule has 0 aromatic carbocycles. The van der Waals surface area contributed by atoms with Crippen molar-refractivity contribution in [3.05, 3.63) is 12.4 Å². The maximum atomic E-state index is 11.5. The van der Waals surface area contributed by atoms with Gasteiger partial charge in [0.2, 0.25) is 5.91 Å². The average molecular weight is 194 g/mol. The fraction of sp³-hybridized carbons (Fsp3) is 0.556. The van der Waals surface area contributed by atoms with Gasteiger partial charge in [0.1, 0.15) is 0 Å². The number of aromatic nitrogens is 2. The van der Waals surface area contributed by atoms with E-state index in [9.17, 15) is 4.79 Å². The van der Waals surface area contributed by atoms with Crippen LogP contribution in [0.1, 0.15) is 6.92 Å². The van der Waals surface area contributed by atoms with Crippen LogP contribution >= 0.6 is 0 Å². The Bertz CT molecular complexity index is 329. The van der Waals surface area contributed by atoms with Crippen molar-refractivity contribution in [1.82, 2.24) is 15.1 Å². The molecule has 1 aliphatic heterocycles. The minimum Gasteiger partial charge on any atom is -0.323 e. The van der Waals surface area contributed by atoms with Crippen LogP contribution in [0.4, 0.5) is 5.69 Å². The van der Waals surface area contributed by atoms with Crippen molar-refractivity contribution in [2.24, 2.45) is 5.92 Å². The van der Waals surface area contributed by atoms with Gasteiger partial charge in [-0.05, 0) is 6.92 Å². The number of rotatable bonds is 3. The van der Waals surface area contributed by atoms with Gasteiger partial charge in [-0.3, -0.25) is 9.48 Å². The van der Waals surface area contributed by atoms with Gasteiger partial charge < -0.3 is 10.6 Å². The van der Waals surface area contributed by atoms with Crippen LogP contribution < -0.4 is 10.6 Å². The van der Waals surface area contributed by atoms with E-state index in [1.165, 1.54) is 0 Å². The molecule has 0 atom stereocenters. The summed E-state index contributed by atoms with van der Waals surface area (Å²) in [7, 11) is 0. The maximum absolute atomic E-state index is 11.5. The molecule has 1 aliphatic rings. The van der Waals surface area contributed by atoms with Crippen molar-refractivity contribution in [2.75, 3.05) is 18.4 Å². The van der Waals surface area contributed by atoms with Crippen molar-refractivity contribution >= 4 is 11.6 Å². The molecule has 1 saturated heterocycles. The van der Waals surface area contributed by atoms with E-state index in [1.807, 2.05) is 13.1 Å². The number of carbonyl (C=O) groups excluding carboxylic acids is 1. The zero-order valence-corrected chi connectivity index (χ0v) is 8.16. The summed E-state index contributed by atoms with van der Waals surface area (Å²) < 4.78 is 1.79. The molecule has 0 saturated carbocycles. The highest BCUT2D eigenvalue weighted by Gasteiger charge is 2.24. The number of carbonyl (C=O) groups is 1. The summed E-state index contributed by atoms with van der Waals surface area (Å²) in [4.78, 5) is 11.5. The first-order chi connectivity index (χ1) is 6.79. The fourth-order valence-electron chi connectivity index (χ4n) is 1.32. The summed E-state index contributed by atoms with van der Waals surface area (Å²) >= 11 is 0. The zero-order chi connectivity index (χ0) is 9.97. The second-order valence-electron chi connectivity index (χ2n) is 3.43. The van der Waals surface area contributed by atoms with Crippen LogP contribution in [0.2, 0.25) is 0 Å². The van der Waals surface area contributed by atoms with Crippen LogP contribution in [-0.4, -0.2) is 28.8 Å². The van der Waals surface area contributed by atoms with Gasteiger partial charge >= 0.3 is 0 Å². The van der Waals surface area contributed by atoms with E-state index in [0.717, 1.165) is 25.3 Å². The van der Waals surface area contributed by atoms with E-state index in [-0.39, 0.29) is 11.8 Å². The van der Waals surface area contributed by atoms with Gasteiger partial charge in [0, 0.05) is 25.8 Å². The molecule has 14 heavy (non-hydrogen) atoms. The van der Waals surface area contributed by atoms with Crippen LogP contribution in [0.25, 0.3) is 0 Å². The number of hydrogen-bond acceptors (Lipinski definition) is 3. The highest BCUT2D eigenvalue weighted by atomic mass is 16.2. The molecule has 2 heterocycles. The molecule has 2 N–H and O–H groups in total. The monoisotopic (exact) mass is 194 g/mol. The van der Waals surface area contributed by atoms with Gasteiger partial charge in [0.15, 0.2) is 0 Å². The molecule has 5 heteroatoms. The molecule has 0 bridgehead atoms. The Morgan fingerprint density at radius 1 is 1.79 bits per heavy atom. The Morgan fingerprint density at radius 2 is 2.57 bits per heavy atom. The van der Waals surface area contributed by atoms with Crippen molar-refractivity contribution in [3.63, 3.8) is 0 Å². The minimum absolute atomic E-state index is 0.0828. The first kappa shape index (κ1) is 9.21. The molecule has 1 aromatic rings. The molecule has 1 fully saturated rings. The largest absolute Gasteiger partial charge is 0.323 e. The highest BCUT2D eigenvalue weighted by molar-refractivity contribution is 5.93. The predicted octanol–water partition coefficient (Wildman–Crippen LogP) is 0.0609. The molecule has 5 nitrogen and oxygen atoms in total. The van der Waals surface area contributed by atoms with E-state index in [4.69, 9.17) is 0 Å². The quantitative estimate of drug-likeness (QED) is 0.715. The number of hydrogen-bond donors (Lipinski definition) is 2. The number of aryl methyl sites for hydroxylation is 1. The lowest BCUT2D eigenvalue weighted by atomic mass is 10.0. The molecule has 1 aromatic heterocycles. The van der Waals surface area contributed by atoms with Gasteiger partial charge in [0.25, 0.3) is 0 Å². The molecule has 0 radical (unpaired) electrons. The molecule has 0 aliphatic carbocycles. The second kappa shape index (κ2) is 3.79. The van der Waals surface area contributed by atoms with Crippen molar-refractivity contribution in [2.45, 2.75) is 13.5 Å². The van der Waals surface area contributed by atoms with E-state index in [0.29, 0.717) is 0 Å². The normalized spacial score (nSPS) is 16.4. The summed E-state index contributed by atoms with van der Waals surface area (Å²) in [6.07, 6.45) is 3.51. The van der Waals surface area contributed by atoms with E-state index >= 15 is 0 Å². The number of amides is 1. The molecule has 76 valence electrons. The molecule has 2 rings (SSSR count). The molecular formula is C9H14N4O. The van der Waals surface area contributed by atoms with Crippen LogP contribution in [0, 0.1) is 5.92 Å².